The van der Waals surface area contributed by atoms with Gasteiger partial charge in [0.25, 0.3) is 5.91 Å². The average molecular weight is 411 g/mol. The van der Waals surface area contributed by atoms with Gasteiger partial charge >= 0.3 is 5.97 Å². The van der Waals surface area contributed by atoms with E-state index < -0.39 is 12.0 Å². The Balaban J connectivity index is 2.43. The van der Waals surface area contributed by atoms with Gasteiger partial charge in [0, 0.05) is 30.4 Å². The van der Waals surface area contributed by atoms with E-state index in [9.17, 15) is 14.4 Å². The Labute approximate surface area is 178 Å². The molecule has 0 aliphatic heterocycles. The number of hydrogen-bond acceptors (Lipinski definition) is 4. The molecule has 0 bridgehead atoms. The van der Waals surface area contributed by atoms with Crippen LogP contribution in [-0.2, 0) is 18.2 Å². The predicted octanol–water partition coefficient (Wildman–Crippen LogP) is 3.89. The van der Waals surface area contributed by atoms with Gasteiger partial charge in [-0.05, 0) is 50.5 Å². The molecule has 30 heavy (non-hydrogen) atoms. The van der Waals surface area contributed by atoms with E-state index in [0.717, 1.165) is 12.0 Å². The van der Waals surface area contributed by atoms with E-state index in [4.69, 9.17) is 4.74 Å². The van der Waals surface area contributed by atoms with Crippen LogP contribution < -0.4 is 0 Å². The first-order chi connectivity index (χ1) is 14.2. The van der Waals surface area contributed by atoms with Crippen molar-refractivity contribution in [2.45, 2.75) is 40.2 Å². The summed E-state index contributed by atoms with van der Waals surface area (Å²) in [5.41, 5.74) is 3.64. The molecule has 0 aliphatic rings. The highest BCUT2D eigenvalue weighted by Gasteiger charge is 2.32. The van der Waals surface area contributed by atoms with E-state index in [1.807, 2.05) is 12.1 Å². The number of esters is 1. The maximum atomic E-state index is 13.4. The zero-order valence-corrected chi connectivity index (χ0v) is 18.6. The van der Waals surface area contributed by atoms with Gasteiger partial charge in [0.05, 0.1) is 13.2 Å². The highest BCUT2D eigenvalue weighted by Crippen LogP contribution is 2.25. The lowest BCUT2D eigenvalue weighted by Crippen LogP contribution is -2.43. The number of nitrogens with zero attached hydrogens (tertiary/aromatic N) is 2. The molecule has 0 aliphatic carbocycles. The number of carbonyl (C=O) groups is 3. The van der Waals surface area contributed by atoms with Crippen LogP contribution in [0.4, 0.5) is 0 Å². The van der Waals surface area contributed by atoms with E-state index in [-0.39, 0.29) is 18.2 Å². The van der Waals surface area contributed by atoms with Crippen molar-refractivity contribution in [1.82, 2.24) is 9.47 Å². The SMILES string of the molecule is C=CCN(C(=O)c1ccc(CC)cc1)[C@@H](C)C(=O)c1c(C)c(C(=O)OC)n(C)c1C. The minimum absolute atomic E-state index is 0.226. The number of ether oxygens (including phenoxy) is 1. The van der Waals surface area contributed by atoms with Crippen LogP contribution in [0.1, 0.15) is 61.9 Å². The first-order valence-corrected chi connectivity index (χ1v) is 9.98. The molecule has 1 aromatic heterocycles. The summed E-state index contributed by atoms with van der Waals surface area (Å²) in [6, 6.07) is 6.66. The van der Waals surface area contributed by atoms with E-state index in [0.29, 0.717) is 28.1 Å². The van der Waals surface area contributed by atoms with Crippen molar-refractivity contribution in [2.75, 3.05) is 13.7 Å². The van der Waals surface area contributed by atoms with Crippen LogP contribution in [0.2, 0.25) is 0 Å². The molecule has 160 valence electrons. The lowest BCUT2D eigenvalue weighted by Gasteiger charge is -2.27. The quantitative estimate of drug-likeness (QED) is 0.376. The maximum Gasteiger partial charge on any atom is 0.354 e. The summed E-state index contributed by atoms with van der Waals surface area (Å²) < 4.78 is 6.52. The van der Waals surface area contributed by atoms with E-state index in [1.54, 1.807) is 50.6 Å². The Morgan fingerprint density at radius 3 is 2.30 bits per heavy atom. The lowest BCUT2D eigenvalue weighted by molar-refractivity contribution is 0.0588. The molecule has 1 aromatic carbocycles. The number of amides is 1. The molecule has 0 saturated heterocycles. The Hall–Kier alpha value is -3.15. The molecular formula is C24H30N2O4. The highest BCUT2D eigenvalue weighted by atomic mass is 16.5. The van der Waals surface area contributed by atoms with Crippen molar-refractivity contribution in [3.8, 4) is 0 Å². The lowest BCUT2D eigenvalue weighted by atomic mass is 9.99. The van der Waals surface area contributed by atoms with Crippen LogP contribution in [0.15, 0.2) is 36.9 Å². The van der Waals surface area contributed by atoms with E-state index in [2.05, 4.69) is 13.5 Å². The van der Waals surface area contributed by atoms with Crippen LogP contribution in [0.5, 0.6) is 0 Å². The first kappa shape index (κ1) is 23.1. The molecule has 0 fully saturated rings. The van der Waals surface area contributed by atoms with Crippen LogP contribution in [0, 0.1) is 13.8 Å². The Morgan fingerprint density at radius 2 is 1.80 bits per heavy atom. The second-order valence-corrected chi connectivity index (χ2v) is 7.32. The fourth-order valence-corrected chi connectivity index (χ4v) is 3.68. The second kappa shape index (κ2) is 9.57. The molecule has 6 heteroatoms. The molecule has 0 radical (unpaired) electrons. The van der Waals surface area contributed by atoms with Gasteiger partial charge in [-0.25, -0.2) is 4.79 Å². The molecule has 1 heterocycles. The zero-order valence-electron chi connectivity index (χ0n) is 18.6. The molecule has 0 N–H and O–H groups in total. The standard InChI is InChI=1S/C24H30N2O4/c1-8-14-26(23(28)19-12-10-18(9-2)11-13-19)17(5)22(27)20-15(3)21(24(29)30-7)25(6)16(20)4/h8,10-13,17H,1,9,14H2,2-7H3/t17-/m0/s1. The van der Waals surface area contributed by atoms with E-state index in [1.165, 1.54) is 12.0 Å². The summed E-state index contributed by atoms with van der Waals surface area (Å²) in [5.74, 6) is -0.964. The number of ketones is 1. The van der Waals surface area contributed by atoms with Crippen LogP contribution in [0.25, 0.3) is 0 Å². The zero-order chi connectivity index (χ0) is 22.6. The molecular weight excluding hydrogens is 380 g/mol. The van der Waals surface area contributed by atoms with Gasteiger partial charge in [0.15, 0.2) is 5.78 Å². The van der Waals surface area contributed by atoms with Crippen molar-refractivity contribution < 1.29 is 19.1 Å². The molecule has 2 aromatic rings. The average Bonchev–Trinajstić information content (AvgIpc) is 2.98. The van der Waals surface area contributed by atoms with Gasteiger partial charge in [-0.3, -0.25) is 9.59 Å². The van der Waals surface area contributed by atoms with Crippen molar-refractivity contribution in [3.63, 3.8) is 0 Å². The van der Waals surface area contributed by atoms with Gasteiger partial charge < -0.3 is 14.2 Å². The third-order valence-corrected chi connectivity index (χ3v) is 5.60. The summed E-state index contributed by atoms with van der Waals surface area (Å²) in [7, 11) is 3.03. The number of Topliss-reactive ketones (excluding diaryl/α,β-unsaturated/α-hetero) is 1. The normalized spacial score (nSPS) is 11.7. The molecule has 0 saturated carbocycles. The maximum absolute atomic E-state index is 13.4. The molecule has 0 unspecified atom stereocenters. The minimum Gasteiger partial charge on any atom is -0.464 e. The molecule has 2 rings (SSSR count). The van der Waals surface area contributed by atoms with Crippen LogP contribution in [-0.4, -0.2) is 46.8 Å². The van der Waals surface area contributed by atoms with Crippen molar-refractivity contribution in [1.29, 1.82) is 0 Å². The van der Waals surface area contributed by atoms with Crippen LogP contribution in [0.3, 0.4) is 0 Å². The Bertz CT molecular complexity index is 970. The molecule has 6 nitrogen and oxygen atoms in total. The number of aromatic nitrogens is 1. The fourth-order valence-electron chi connectivity index (χ4n) is 3.68. The number of methoxy groups -OCH3 is 1. The second-order valence-electron chi connectivity index (χ2n) is 7.32. The smallest absolute Gasteiger partial charge is 0.354 e. The molecule has 1 atom stereocenters. The fraction of sp³-hybridized carbons (Fsp3) is 0.375. The van der Waals surface area contributed by atoms with Gasteiger partial charge in [-0.1, -0.05) is 25.1 Å². The summed E-state index contributed by atoms with van der Waals surface area (Å²) in [5, 5.41) is 0. The van der Waals surface area contributed by atoms with Crippen molar-refractivity contribution in [3.05, 3.63) is 70.6 Å². The van der Waals surface area contributed by atoms with Gasteiger partial charge in [-0.15, -0.1) is 6.58 Å². The number of hydrogen-bond donors (Lipinski definition) is 0. The van der Waals surface area contributed by atoms with E-state index >= 15 is 0 Å². The summed E-state index contributed by atoms with van der Waals surface area (Å²) >= 11 is 0. The summed E-state index contributed by atoms with van der Waals surface area (Å²) in [6.07, 6.45) is 2.49. The minimum atomic E-state index is -0.730. The van der Waals surface area contributed by atoms with Gasteiger partial charge in [0.2, 0.25) is 0 Å². The Kier molecular flexibility index (Phi) is 7.38. The number of benzene rings is 1. The van der Waals surface area contributed by atoms with Gasteiger partial charge in [-0.2, -0.15) is 0 Å². The van der Waals surface area contributed by atoms with Crippen LogP contribution >= 0.6 is 0 Å². The highest BCUT2D eigenvalue weighted by molar-refractivity contribution is 6.07. The predicted molar refractivity (Wildman–Crippen MR) is 117 cm³/mol. The molecule has 1 amide bonds. The van der Waals surface area contributed by atoms with Gasteiger partial charge in [0.1, 0.15) is 5.69 Å². The van der Waals surface area contributed by atoms with Crippen molar-refractivity contribution >= 4 is 17.7 Å². The molecule has 0 spiro atoms. The summed E-state index contributed by atoms with van der Waals surface area (Å²) in [4.78, 5) is 40.2. The monoisotopic (exact) mass is 410 g/mol. The Morgan fingerprint density at radius 1 is 1.20 bits per heavy atom. The summed E-state index contributed by atoms with van der Waals surface area (Å²) in [6.45, 7) is 11.2. The van der Waals surface area contributed by atoms with Crippen molar-refractivity contribution in [2.24, 2.45) is 7.05 Å². The number of carbonyl (C=O) groups excluding carboxylic acids is 3. The number of rotatable bonds is 8. The number of aryl methyl sites for hydroxylation is 1. The topological polar surface area (TPSA) is 68.6 Å². The third kappa shape index (κ3) is 4.22. The first-order valence-electron chi connectivity index (χ1n) is 9.98. The largest absolute Gasteiger partial charge is 0.464 e. The third-order valence-electron chi connectivity index (χ3n) is 5.60.